The highest BCUT2D eigenvalue weighted by Crippen LogP contribution is 2.21. The largest absolute Gasteiger partial charge is 0.451 e. The number of anilines is 1. The molecule has 0 fully saturated rings. The van der Waals surface area contributed by atoms with Gasteiger partial charge in [-0.3, -0.25) is 9.59 Å². The van der Waals surface area contributed by atoms with E-state index in [1.54, 1.807) is 24.3 Å². The smallest absolute Gasteiger partial charge is 0.287 e. The first-order valence-corrected chi connectivity index (χ1v) is 12.9. The van der Waals surface area contributed by atoms with Crippen LogP contribution in [-0.2, 0) is 14.8 Å². The molecular weight excluding hydrogens is 468 g/mol. The zero-order valence-electron chi connectivity index (χ0n) is 20.2. The number of carbonyl (C=O) groups is 2. The Balaban J connectivity index is 1.55. The Morgan fingerprint density at radius 2 is 1.77 bits per heavy atom. The third-order valence-corrected chi connectivity index (χ3v) is 7.47. The van der Waals surface area contributed by atoms with Gasteiger partial charge in [0.05, 0.1) is 5.69 Å². The molecule has 10 heteroatoms. The van der Waals surface area contributed by atoms with Gasteiger partial charge in [-0.1, -0.05) is 44.2 Å². The first-order chi connectivity index (χ1) is 16.6. The Bertz CT molecular complexity index is 1250. The van der Waals surface area contributed by atoms with Gasteiger partial charge in [-0.05, 0) is 43.0 Å². The molecule has 1 atom stereocenters. The summed E-state index contributed by atoms with van der Waals surface area (Å²) in [5.74, 6) is -0.497. The predicted octanol–water partition coefficient (Wildman–Crippen LogP) is 2.99. The van der Waals surface area contributed by atoms with Gasteiger partial charge in [0, 0.05) is 25.5 Å². The first-order valence-electron chi connectivity index (χ1n) is 11.5. The second-order valence-corrected chi connectivity index (χ2v) is 10.8. The number of nitrogens with zero attached hydrogens (tertiary/aromatic N) is 1. The number of nitrogen functional groups attached to an aromatic ring is 1. The van der Waals surface area contributed by atoms with E-state index in [0.29, 0.717) is 18.4 Å². The van der Waals surface area contributed by atoms with Crippen LogP contribution in [0.15, 0.2) is 63.9 Å². The van der Waals surface area contributed by atoms with Crippen LogP contribution in [0.5, 0.6) is 0 Å². The number of hydrogen-bond acceptors (Lipinski definition) is 6. The summed E-state index contributed by atoms with van der Waals surface area (Å²) in [6, 6.07) is 14.5. The first kappa shape index (κ1) is 26.2. The van der Waals surface area contributed by atoms with Crippen molar-refractivity contribution in [3.05, 3.63) is 60.4 Å². The van der Waals surface area contributed by atoms with Crippen molar-refractivity contribution in [1.29, 1.82) is 0 Å². The molecule has 2 amide bonds. The second kappa shape index (κ2) is 11.4. The standard InChI is InChI=1S/C25H32N4O5S/c1-17(2)15-20(28-25(31)22-16-18-9-4-6-11-21(18)34-22)24(30)27-13-8-14-29(3)35(32,33)23-12-7-5-10-19(23)26/h4-7,9-12,16-17,20H,8,13-15,26H2,1-3H3,(H,27,30)(H,28,31)/t20-/m0/s1. The second-order valence-electron chi connectivity index (χ2n) is 8.81. The van der Waals surface area contributed by atoms with E-state index in [9.17, 15) is 18.0 Å². The van der Waals surface area contributed by atoms with Crippen LogP contribution in [0.1, 0.15) is 37.2 Å². The number of nitrogens with one attached hydrogen (secondary N) is 2. The highest BCUT2D eigenvalue weighted by Gasteiger charge is 2.25. The fourth-order valence-electron chi connectivity index (χ4n) is 3.67. The van der Waals surface area contributed by atoms with Crippen molar-refractivity contribution in [1.82, 2.24) is 14.9 Å². The van der Waals surface area contributed by atoms with Gasteiger partial charge in [-0.15, -0.1) is 0 Å². The number of rotatable bonds is 11. The van der Waals surface area contributed by atoms with Crippen molar-refractivity contribution in [2.24, 2.45) is 5.92 Å². The molecule has 0 unspecified atom stereocenters. The molecule has 0 aliphatic carbocycles. The Morgan fingerprint density at radius 1 is 1.09 bits per heavy atom. The topological polar surface area (TPSA) is 135 Å². The number of furan rings is 1. The molecule has 4 N–H and O–H groups in total. The summed E-state index contributed by atoms with van der Waals surface area (Å²) in [4.78, 5) is 25.6. The average Bonchev–Trinajstić information content (AvgIpc) is 3.25. The molecule has 0 radical (unpaired) electrons. The van der Waals surface area contributed by atoms with E-state index in [4.69, 9.17) is 10.2 Å². The Labute approximate surface area is 205 Å². The van der Waals surface area contributed by atoms with E-state index < -0.39 is 22.0 Å². The lowest BCUT2D eigenvalue weighted by Gasteiger charge is -2.21. The van der Waals surface area contributed by atoms with E-state index in [2.05, 4.69) is 10.6 Å². The zero-order valence-corrected chi connectivity index (χ0v) is 21.0. The Hall–Kier alpha value is -3.37. The maximum absolute atomic E-state index is 12.8. The fraction of sp³-hybridized carbons (Fsp3) is 0.360. The molecule has 0 saturated heterocycles. The number of hydrogen-bond donors (Lipinski definition) is 3. The molecule has 1 heterocycles. The van der Waals surface area contributed by atoms with Crippen molar-refractivity contribution in [3.63, 3.8) is 0 Å². The summed E-state index contributed by atoms with van der Waals surface area (Å²) in [6.45, 7) is 4.36. The molecular formula is C25H32N4O5S. The lowest BCUT2D eigenvalue weighted by molar-refractivity contribution is -0.123. The van der Waals surface area contributed by atoms with Crippen LogP contribution >= 0.6 is 0 Å². The predicted molar refractivity (Wildman–Crippen MR) is 135 cm³/mol. The number of para-hydroxylation sites is 2. The van der Waals surface area contributed by atoms with Crippen molar-refractivity contribution >= 4 is 38.5 Å². The molecule has 188 valence electrons. The van der Waals surface area contributed by atoms with Gasteiger partial charge in [0.25, 0.3) is 5.91 Å². The minimum absolute atomic E-state index is 0.0526. The lowest BCUT2D eigenvalue weighted by atomic mass is 10.0. The summed E-state index contributed by atoms with van der Waals surface area (Å²) in [7, 11) is -2.26. The van der Waals surface area contributed by atoms with E-state index in [1.165, 1.54) is 23.5 Å². The van der Waals surface area contributed by atoms with Crippen molar-refractivity contribution < 1.29 is 22.4 Å². The number of sulfonamides is 1. The van der Waals surface area contributed by atoms with Crippen LogP contribution in [0.4, 0.5) is 5.69 Å². The molecule has 0 bridgehead atoms. The van der Waals surface area contributed by atoms with Gasteiger partial charge in [0.2, 0.25) is 15.9 Å². The van der Waals surface area contributed by atoms with Gasteiger partial charge < -0.3 is 20.8 Å². The van der Waals surface area contributed by atoms with Crippen LogP contribution in [0.25, 0.3) is 11.0 Å². The van der Waals surface area contributed by atoms with Crippen LogP contribution < -0.4 is 16.4 Å². The maximum atomic E-state index is 12.8. The fourth-order valence-corrected chi connectivity index (χ4v) is 4.99. The Morgan fingerprint density at radius 3 is 2.46 bits per heavy atom. The van der Waals surface area contributed by atoms with Crippen LogP contribution in [-0.4, -0.2) is 50.7 Å². The summed E-state index contributed by atoms with van der Waals surface area (Å²) in [5, 5.41) is 6.37. The quantitative estimate of drug-likeness (QED) is 0.274. The molecule has 0 aliphatic rings. The third-order valence-electron chi connectivity index (χ3n) is 5.53. The number of fused-ring (bicyclic) bond motifs is 1. The third kappa shape index (κ3) is 6.61. The SMILES string of the molecule is CC(C)C[C@H](NC(=O)c1cc2ccccc2o1)C(=O)NCCCN(C)S(=O)(=O)c1ccccc1N. The van der Waals surface area contributed by atoms with Crippen LogP contribution in [0.3, 0.4) is 0 Å². The molecule has 2 aromatic carbocycles. The summed E-state index contributed by atoms with van der Waals surface area (Å²) >= 11 is 0. The summed E-state index contributed by atoms with van der Waals surface area (Å²) in [6.07, 6.45) is 0.833. The normalized spacial score (nSPS) is 12.7. The van der Waals surface area contributed by atoms with E-state index in [-0.39, 0.29) is 41.3 Å². The molecule has 0 saturated carbocycles. The molecule has 35 heavy (non-hydrogen) atoms. The Kier molecular flexibility index (Phi) is 8.52. The molecule has 1 aromatic heterocycles. The van der Waals surface area contributed by atoms with Gasteiger partial charge in [0.1, 0.15) is 16.5 Å². The van der Waals surface area contributed by atoms with Crippen molar-refractivity contribution in [2.45, 2.75) is 37.6 Å². The maximum Gasteiger partial charge on any atom is 0.287 e. The molecule has 3 rings (SSSR count). The van der Waals surface area contributed by atoms with Gasteiger partial charge >= 0.3 is 0 Å². The van der Waals surface area contributed by atoms with E-state index in [1.807, 2.05) is 32.0 Å². The van der Waals surface area contributed by atoms with E-state index >= 15 is 0 Å². The molecule has 0 aliphatic heterocycles. The van der Waals surface area contributed by atoms with Gasteiger partial charge in [-0.25, -0.2) is 12.7 Å². The highest BCUT2D eigenvalue weighted by molar-refractivity contribution is 7.89. The minimum Gasteiger partial charge on any atom is -0.451 e. The van der Waals surface area contributed by atoms with Gasteiger partial charge in [-0.2, -0.15) is 0 Å². The number of benzene rings is 2. The highest BCUT2D eigenvalue weighted by atomic mass is 32.2. The van der Waals surface area contributed by atoms with Crippen LogP contribution in [0, 0.1) is 5.92 Å². The number of carbonyl (C=O) groups excluding carboxylic acids is 2. The molecule has 9 nitrogen and oxygen atoms in total. The summed E-state index contributed by atoms with van der Waals surface area (Å²) < 4.78 is 32.3. The van der Waals surface area contributed by atoms with Gasteiger partial charge in [0.15, 0.2) is 5.76 Å². The van der Waals surface area contributed by atoms with Crippen LogP contribution in [0.2, 0.25) is 0 Å². The average molecular weight is 501 g/mol. The molecule has 0 spiro atoms. The van der Waals surface area contributed by atoms with E-state index in [0.717, 1.165) is 5.39 Å². The lowest BCUT2D eigenvalue weighted by Crippen LogP contribution is -2.47. The number of nitrogens with two attached hydrogens (primary N) is 1. The summed E-state index contributed by atoms with van der Waals surface area (Å²) in [5.41, 5.74) is 6.59. The zero-order chi connectivity index (χ0) is 25.6. The van der Waals surface area contributed by atoms with Crippen molar-refractivity contribution in [2.75, 3.05) is 25.9 Å². The number of amides is 2. The van der Waals surface area contributed by atoms with Crippen molar-refractivity contribution in [3.8, 4) is 0 Å². The monoisotopic (exact) mass is 500 g/mol. The molecule has 3 aromatic rings. The minimum atomic E-state index is -3.73.